The van der Waals surface area contributed by atoms with Gasteiger partial charge in [-0.25, -0.2) is 8.42 Å². The normalized spacial score (nSPS) is 37.2. The molecule has 1 unspecified atom stereocenters. The fraction of sp³-hybridized carbons (Fsp3) is 0.722. The highest BCUT2D eigenvalue weighted by Gasteiger charge is 2.71. The van der Waals surface area contributed by atoms with Gasteiger partial charge in [-0.15, -0.1) is 0 Å². The number of fused-ring (bicyclic) bond motifs is 1. The van der Waals surface area contributed by atoms with Gasteiger partial charge in [0.1, 0.15) is 0 Å². The van der Waals surface area contributed by atoms with E-state index >= 15 is 0 Å². The lowest BCUT2D eigenvalue weighted by Crippen LogP contribution is -2.41. The van der Waals surface area contributed by atoms with E-state index in [1.165, 1.54) is 6.42 Å². The van der Waals surface area contributed by atoms with E-state index in [1.54, 1.807) is 0 Å². The van der Waals surface area contributed by atoms with Gasteiger partial charge in [0.15, 0.2) is 0 Å². The summed E-state index contributed by atoms with van der Waals surface area (Å²) < 4.78 is 27.7. The van der Waals surface area contributed by atoms with Crippen molar-refractivity contribution in [2.24, 2.45) is 16.7 Å². The van der Waals surface area contributed by atoms with Crippen molar-refractivity contribution in [3.8, 4) is 0 Å². The average molecular weight is 334 g/mol. The molecule has 2 heterocycles. The molecule has 1 aromatic heterocycles. The van der Waals surface area contributed by atoms with Gasteiger partial charge in [-0.2, -0.15) is 4.31 Å². The molecule has 0 amide bonds. The van der Waals surface area contributed by atoms with E-state index in [0.29, 0.717) is 18.2 Å². The Morgan fingerprint density at radius 3 is 2.70 bits per heavy atom. The summed E-state index contributed by atoms with van der Waals surface area (Å²) in [6.45, 7) is 9.02. The first-order valence-corrected chi connectivity index (χ1v) is 10.2. The van der Waals surface area contributed by atoms with Crippen LogP contribution in [0.5, 0.6) is 0 Å². The zero-order valence-electron chi connectivity index (χ0n) is 14.5. The molecule has 2 saturated carbocycles. The summed E-state index contributed by atoms with van der Waals surface area (Å²) in [4.78, 5) is 4.50. The number of hydrogen-bond acceptors (Lipinski definition) is 3. The minimum Gasteiger partial charge on any atom is -0.258 e. The topological polar surface area (TPSA) is 50.3 Å². The van der Waals surface area contributed by atoms with Crippen LogP contribution in [0.3, 0.4) is 0 Å². The number of aromatic nitrogens is 1. The third-order valence-electron chi connectivity index (χ3n) is 7.19. The van der Waals surface area contributed by atoms with Crippen molar-refractivity contribution in [3.05, 3.63) is 29.1 Å². The van der Waals surface area contributed by atoms with Crippen LogP contribution >= 0.6 is 0 Å². The minimum atomic E-state index is -3.18. The summed E-state index contributed by atoms with van der Waals surface area (Å²) in [7, 11) is -3.18. The number of aryl methyl sites for hydroxylation is 2. The zero-order chi connectivity index (χ0) is 16.6. The van der Waals surface area contributed by atoms with Gasteiger partial charge in [0.2, 0.25) is 10.0 Å². The predicted octanol–water partition coefficient (Wildman–Crippen LogP) is 3.04. The van der Waals surface area contributed by atoms with E-state index in [0.717, 1.165) is 29.8 Å². The lowest BCUT2D eigenvalue weighted by molar-refractivity contribution is 0.112. The van der Waals surface area contributed by atoms with E-state index in [1.807, 2.05) is 30.3 Å². The van der Waals surface area contributed by atoms with Crippen molar-refractivity contribution in [2.45, 2.75) is 59.5 Å². The molecular weight excluding hydrogens is 308 g/mol. The molecule has 0 aromatic carbocycles. The molecule has 5 heteroatoms. The highest BCUT2D eigenvalue weighted by Crippen LogP contribution is 2.70. The van der Waals surface area contributed by atoms with Gasteiger partial charge in [0.25, 0.3) is 0 Å². The highest BCUT2D eigenvalue weighted by molar-refractivity contribution is 7.89. The van der Waals surface area contributed by atoms with E-state index in [9.17, 15) is 8.42 Å². The number of nitrogens with zero attached hydrogens (tertiary/aromatic N) is 2. The lowest BCUT2D eigenvalue weighted by Gasteiger charge is -2.37. The van der Waals surface area contributed by atoms with Crippen LogP contribution in [0.25, 0.3) is 0 Å². The highest BCUT2D eigenvalue weighted by atomic mass is 32.2. The van der Waals surface area contributed by atoms with Gasteiger partial charge in [-0.3, -0.25) is 4.98 Å². The minimum absolute atomic E-state index is 0.0392. The van der Waals surface area contributed by atoms with Crippen LogP contribution in [0.4, 0.5) is 0 Å². The summed E-state index contributed by atoms with van der Waals surface area (Å²) in [5.74, 6) is 1.01. The molecular formula is C18H26N2O2S. The lowest BCUT2D eigenvalue weighted by atomic mass is 9.69. The largest absolute Gasteiger partial charge is 0.258 e. The van der Waals surface area contributed by atoms with Gasteiger partial charge in [0.05, 0.1) is 5.75 Å². The first kappa shape index (κ1) is 15.6. The van der Waals surface area contributed by atoms with Gasteiger partial charge < -0.3 is 0 Å². The maximum atomic E-state index is 12.9. The van der Waals surface area contributed by atoms with Crippen molar-refractivity contribution in [3.63, 3.8) is 0 Å². The first-order chi connectivity index (χ1) is 10.7. The molecule has 4 rings (SSSR count). The third-order valence-corrected chi connectivity index (χ3v) is 9.17. The SMILES string of the molecule is Cc1ccc(CN2[C@H]3C[C@H]4CCC3(CS2(=O)=O)C4(C)C)c(C)n1. The molecule has 0 N–H and O–H groups in total. The summed E-state index contributed by atoms with van der Waals surface area (Å²) >= 11 is 0. The number of rotatable bonds is 2. The second-order valence-electron chi connectivity index (χ2n) is 8.36. The van der Waals surface area contributed by atoms with Gasteiger partial charge >= 0.3 is 0 Å². The first-order valence-electron chi connectivity index (χ1n) is 8.60. The van der Waals surface area contributed by atoms with Crippen molar-refractivity contribution < 1.29 is 8.42 Å². The van der Waals surface area contributed by atoms with Crippen LogP contribution in [0.2, 0.25) is 0 Å². The quantitative estimate of drug-likeness (QED) is 0.835. The molecule has 1 spiro atoms. The molecule has 1 aliphatic heterocycles. The molecule has 126 valence electrons. The van der Waals surface area contributed by atoms with Crippen LogP contribution in [-0.4, -0.2) is 29.5 Å². The Labute approximate surface area is 139 Å². The summed E-state index contributed by atoms with van der Waals surface area (Å²) in [5.41, 5.74) is 3.07. The molecule has 23 heavy (non-hydrogen) atoms. The van der Waals surface area contributed by atoms with Crippen LogP contribution < -0.4 is 0 Å². The molecule has 2 aliphatic carbocycles. The average Bonchev–Trinajstić information content (AvgIpc) is 2.91. The summed E-state index contributed by atoms with van der Waals surface area (Å²) in [6, 6.07) is 4.20. The Kier molecular flexibility index (Phi) is 3.10. The Bertz CT molecular complexity index is 771. The smallest absolute Gasteiger partial charge is 0.215 e. The van der Waals surface area contributed by atoms with E-state index in [2.05, 4.69) is 18.8 Å². The van der Waals surface area contributed by atoms with Crippen molar-refractivity contribution in [1.29, 1.82) is 0 Å². The molecule has 1 saturated heterocycles. The van der Waals surface area contributed by atoms with Crippen LogP contribution in [0, 0.1) is 30.6 Å². The molecule has 3 fully saturated rings. The number of sulfonamides is 1. The zero-order valence-corrected chi connectivity index (χ0v) is 15.3. The van der Waals surface area contributed by atoms with Gasteiger partial charge in [-0.05, 0) is 56.1 Å². The fourth-order valence-electron chi connectivity index (χ4n) is 5.63. The molecule has 1 aromatic rings. The molecule has 3 atom stereocenters. The molecule has 0 radical (unpaired) electrons. The van der Waals surface area contributed by atoms with Crippen molar-refractivity contribution >= 4 is 10.0 Å². The van der Waals surface area contributed by atoms with Crippen molar-refractivity contribution in [1.82, 2.24) is 9.29 Å². The Balaban J connectivity index is 1.72. The molecule has 3 aliphatic rings. The maximum absolute atomic E-state index is 12.9. The van der Waals surface area contributed by atoms with Gasteiger partial charge in [-0.1, -0.05) is 19.9 Å². The molecule has 4 nitrogen and oxygen atoms in total. The van der Waals surface area contributed by atoms with Crippen LogP contribution in [0.1, 0.15) is 50.1 Å². The number of pyridine rings is 1. The monoisotopic (exact) mass is 334 g/mol. The van der Waals surface area contributed by atoms with Crippen LogP contribution in [0.15, 0.2) is 12.1 Å². The second kappa shape index (κ2) is 4.57. The van der Waals surface area contributed by atoms with Crippen molar-refractivity contribution in [2.75, 3.05) is 5.75 Å². The standard InChI is InChI=1S/C18H26N2O2S/c1-12-5-6-14(13(2)19-12)10-20-16-9-15-7-8-18(16,17(15,3)4)11-23(20,21)22/h5-6,15-16H,7-11H2,1-4H3/t15-,16+,18?/m1/s1. The summed E-state index contributed by atoms with van der Waals surface area (Å²) in [6.07, 6.45) is 3.29. The Hall–Kier alpha value is -0.940. The Morgan fingerprint density at radius 1 is 1.30 bits per heavy atom. The Morgan fingerprint density at radius 2 is 2.04 bits per heavy atom. The summed E-state index contributed by atoms with van der Waals surface area (Å²) in [5, 5.41) is 0. The van der Waals surface area contributed by atoms with E-state index < -0.39 is 10.0 Å². The van der Waals surface area contributed by atoms with E-state index in [-0.39, 0.29) is 16.9 Å². The van der Waals surface area contributed by atoms with E-state index in [4.69, 9.17) is 0 Å². The molecule has 2 bridgehead atoms. The van der Waals surface area contributed by atoms with Crippen LogP contribution in [-0.2, 0) is 16.6 Å². The fourth-order valence-corrected chi connectivity index (χ4v) is 8.17. The number of hydrogen-bond donors (Lipinski definition) is 0. The third kappa shape index (κ3) is 1.92. The maximum Gasteiger partial charge on any atom is 0.215 e. The van der Waals surface area contributed by atoms with Gasteiger partial charge in [0, 0.05) is 29.4 Å². The predicted molar refractivity (Wildman–Crippen MR) is 90.4 cm³/mol. The second-order valence-corrected chi connectivity index (χ2v) is 10.3.